The number of H-pyrrole nitrogens is 1. The molecule has 176 valence electrons. The number of nitrogens with one attached hydrogen (secondary N) is 2. The van der Waals surface area contributed by atoms with Gasteiger partial charge in [0.2, 0.25) is 5.91 Å². The van der Waals surface area contributed by atoms with E-state index in [-0.39, 0.29) is 11.8 Å². The molecule has 0 saturated carbocycles. The highest BCUT2D eigenvalue weighted by Gasteiger charge is 2.26. The zero-order valence-corrected chi connectivity index (χ0v) is 19.7. The molecule has 2 aromatic heterocycles. The zero-order chi connectivity index (χ0) is 23.9. The second-order valence-electron chi connectivity index (χ2n) is 9.41. The summed E-state index contributed by atoms with van der Waals surface area (Å²) in [7, 11) is 2.09. The Morgan fingerprint density at radius 3 is 2.77 bits per heavy atom. The van der Waals surface area contributed by atoms with Crippen LogP contribution < -0.4 is 5.32 Å². The Morgan fingerprint density at radius 1 is 1.06 bits per heavy atom. The molecule has 1 fully saturated rings. The Hall–Kier alpha value is -3.97. The number of aromatic amines is 1. The number of amides is 2. The maximum atomic E-state index is 12.7. The third-order valence-corrected chi connectivity index (χ3v) is 7.01. The van der Waals surface area contributed by atoms with E-state index in [4.69, 9.17) is 4.98 Å². The fraction of sp³-hybridized carbons (Fsp3) is 0.250. The summed E-state index contributed by atoms with van der Waals surface area (Å²) in [6, 6.07) is 14.2. The van der Waals surface area contributed by atoms with Gasteiger partial charge in [-0.3, -0.25) is 9.59 Å². The number of piperazine rings is 1. The van der Waals surface area contributed by atoms with Crippen LogP contribution in [0.5, 0.6) is 0 Å². The monoisotopic (exact) mass is 465 g/mol. The number of hydrogen-bond acceptors (Lipinski definition) is 4. The predicted octanol–water partition coefficient (Wildman–Crippen LogP) is 3.45. The summed E-state index contributed by atoms with van der Waals surface area (Å²) >= 11 is 0. The van der Waals surface area contributed by atoms with E-state index in [0.717, 1.165) is 70.4 Å². The van der Waals surface area contributed by atoms with Gasteiger partial charge in [0.25, 0.3) is 5.91 Å². The Bertz CT molecular complexity index is 1490. The van der Waals surface area contributed by atoms with E-state index in [2.05, 4.69) is 34.4 Å². The van der Waals surface area contributed by atoms with Crippen molar-refractivity contribution in [2.45, 2.75) is 13.0 Å². The SMILES string of the molecule is CN1CCN(C(=O)Cc2cccc(/C=C/c3cc4c(ccc5c6c(nc54)CNC6=O)c[nH]3)c2)CC1. The average Bonchev–Trinajstić information content (AvgIpc) is 3.43. The van der Waals surface area contributed by atoms with Crippen molar-refractivity contribution in [2.75, 3.05) is 33.2 Å². The normalized spacial score (nSPS) is 16.4. The summed E-state index contributed by atoms with van der Waals surface area (Å²) < 4.78 is 0. The number of carbonyl (C=O) groups is 2. The lowest BCUT2D eigenvalue weighted by molar-refractivity contribution is -0.132. The van der Waals surface area contributed by atoms with Crippen LogP contribution in [-0.4, -0.2) is 64.8 Å². The largest absolute Gasteiger partial charge is 0.361 e. The molecular formula is C28H27N5O2. The van der Waals surface area contributed by atoms with Gasteiger partial charge in [-0.15, -0.1) is 0 Å². The van der Waals surface area contributed by atoms with Crippen molar-refractivity contribution in [3.8, 4) is 0 Å². The van der Waals surface area contributed by atoms with Crippen LogP contribution in [0.2, 0.25) is 0 Å². The fourth-order valence-corrected chi connectivity index (χ4v) is 4.99. The number of hydrogen-bond donors (Lipinski definition) is 2. The highest BCUT2D eigenvalue weighted by atomic mass is 16.2. The lowest BCUT2D eigenvalue weighted by Gasteiger charge is -2.32. The van der Waals surface area contributed by atoms with Gasteiger partial charge in [0.15, 0.2) is 0 Å². The van der Waals surface area contributed by atoms with Gasteiger partial charge >= 0.3 is 0 Å². The van der Waals surface area contributed by atoms with Crippen molar-refractivity contribution in [3.05, 3.63) is 76.7 Å². The van der Waals surface area contributed by atoms with Crippen LogP contribution in [0.4, 0.5) is 0 Å². The maximum Gasteiger partial charge on any atom is 0.254 e. The third-order valence-electron chi connectivity index (χ3n) is 7.01. The number of likely N-dealkylation sites (N-methyl/N-ethyl adjacent to an activating group) is 1. The topological polar surface area (TPSA) is 81.3 Å². The number of nitrogens with zero attached hydrogens (tertiary/aromatic N) is 3. The quantitative estimate of drug-likeness (QED) is 0.484. The minimum atomic E-state index is -0.0459. The van der Waals surface area contributed by atoms with Crippen molar-refractivity contribution < 1.29 is 9.59 Å². The van der Waals surface area contributed by atoms with Gasteiger partial charge < -0.3 is 20.1 Å². The van der Waals surface area contributed by atoms with Gasteiger partial charge in [0, 0.05) is 48.8 Å². The second kappa shape index (κ2) is 8.67. The van der Waals surface area contributed by atoms with E-state index in [1.165, 1.54) is 0 Å². The van der Waals surface area contributed by atoms with Crippen molar-refractivity contribution in [2.24, 2.45) is 0 Å². The minimum absolute atomic E-state index is 0.0459. The molecule has 2 N–H and O–H groups in total. The molecule has 0 radical (unpaired) electrons. The van der Waals surface area contributed by atoms with Crippen LogP contribution in [0, 0.1) is 0 Å². The fourth-order valence-electron chi connectivity index (χ4n) is 4.99. The number of carbonyl (C=O) groups excluding carboxylic acids is 2. The van der Waals surface area contributed by atoms with E-state index in [9.17, 15) is 9.59 Å². The molecule has 1 saturated heterocycles. The van der Waals surface area contributed by atoms with Gasteiger partial charge in [-0.25, -0.2) is 4.98 Å². The molecule has 0 bridgehead atoms. The molecule has 0 aliphatic carbocycles. The summed E-state index contributed by atoms with van der Waals surface area (Å²) in [6.45, 7) is 3.94. The van der Waals surface area contributed by atoms with E-state index in [0.29, 0.717) is 18.5 Å². The van der Waals surface area contributed by atoms with Gasteiger partial charge in [0.1, 0.15) is 0 Å². The summed E-state index contributed by atoms with van der Waals surface area (Å²) in [6.07, 6.45) is 6.47. The zero-order valence-electron chi connectivity index (χ0n) is 19.7. The Balaban J connectivity index is 1.23. The molecule has 7 nitrogen and oxygen atoms in total. The second-order valence-corrected chi connectivity index (χ2v) is 9.41. The molecular weight excluding hydrogens is 438 g/mol. The molecule has 6 rings (SSSR count). The summed E-state index contributed by atoms with van der Waals surface area (Å²) in [5.41, 5.74) is 5.41. The van der Waals surface area contributed by atoms with Crippen molar-refractivity contribution in [1.29, 1.82) is 0 Å². The van der Waals surface area contributed by atoms with Gasteiger partial charge in [0.05, 0.1) is 29.7 Å². The van der Waals surface area contributed by atoms with Crippen LogP contribution in [0.15, 0.2) is 48.7 Å². The summed E-state index contributed by atoms with van der Waals surface area (Å²) in [4.78, 5) is 37.2. The molecule has 0 unspecified atom stereocenters. The first kappa shape index (κ1) is 21.6. The van der Waals surface area contributed by atoms with Crippen LogP contribution in [0.3, 0.4) is 0 Å². The average molecular weight is 466 g/mol. The standard InChI is InChI=1S/C28H27N5O2/c1-32-9-11-33(12-10-32)25(34)14-19-4-2-3-18(13-19)5-7-21-15-23-20(16-29-21)6-8-22-26-24(31-27(22)23)17-30-28(26)35/h2-8,13,15-16,29H,9-12,14,17H2,1H3,(H,30,35)/b7-5+. The van der Waals surface area contributed by atoms with E-state index >= 15 is 0 Å². The maximum absolute atomic E-state index is 12.7. The first-order valence-electron chi connectivity index (χ1n) is 12.0. The Labute approximate surface area is 203 Å². The number of rotatable bonds is 4. The number of pyridine rings is 1. The third kappa shape index (κ3) is 4.08. The van der Waals surface area contributed by atoms with E-state index in [1.807, 2.05) is 53.6 Å². The molecule has 4 heterocycles. The molecule has 4 aromatic rings. The molecule has 2 aliphatic heterocycles. The summed E-state index contributed by atoms with van der Waals surface area (Å²) in [5, 5.41) is 5.83. The molecule has 2 aliphatic rings. The molecule has 7 heteroatoms. The molecule has 2 amide bonds. The van der Waals surface area contributed by atoms with Crippen molar-refractivity contribution in [3.63, 3.8) is 0 Å². The molecule has 0 atom stereocenters. The lowest BCUT2D eigenvalue weighted by atomic mass is 10.0. The van der Waals surface area contributed by atoms with E-state index < -0.39 is 0 Å². The summed E-state index contributed by atoms with van der Waals surface area (Å²) in [5.74, 6) is 0.143. The van der Waals surface area contributed by atoms with Gasteiger partial charge in [-0.2, -0.15) is 0 Å². The van der Waals surface area contributed by atoms with Crippen LogP contribution in [-0.2, 0) is 17.8 Å². The lowest BCUT2D eigenvalue weighted by Crippen LogP contribution is -2.47. The van der Waals surface area contributed by atoms with Crippen LogP contribution in [0.1, 0.15) is 32.9 Å². The first-order chi connectivity index (χ1) is 17.0. The van der Waals surface area contributed by atoms with Crippen molar-refractivity contribution in [1.82, 2.24) is 25.1 Å². The first-order valence-corrected chi connectivity index (χ1v) is 12.0. The minimum Gasteiger partial charge on any atom is -0.361 e. The van der Waals surface area contributed by atoms with Crippen LogP contribution in [0.25, 0.3) is 33.8 Å². The number of benzene rings is 2. The Kier molecular flexibility index (Phi) is 5.34. The van der Waals surface area contributed by atoms with Crippen molar-refractivity contribution >= 4 is 45.6 Å². The van der Waals surface area contributed by atoms with Gasteiger partial charge in [-0.05, 0) is 35.7 Å². The smallest absolute Gasteiger partial charge is 0.254 e. The van der Waals surface area contributed by atoms with E-state index in [1.54, 1.807) is 0 Å². The molecule has 2 aromatic carbocycles. The molecule has 0 spiro atoms. The Morgan fingerprint density at radius 2 is 1.91 bits per heavy atom. The number of aromatic nitrogens is 2. The molecule has 35 heavy (non-hydrogen) atoms. The predicted molar refractivity (Wildman–Crippen MR) is 138 cm³/mol. The van der Waals surface area contributed by atoms with Crippen LogP contribution >= 0.6 is 0 Å². The number of fused-ring (bicyclic) bond motifs is 5. The highest BCUT2D eigenvalue weighted by molar-refractivity contribution is 6.16. The van der Waals surface area contributed by atoms with Gasteiger partial charge in [-0.1, -0.05) is 42.5 Å². The highest BCUT2D eigenvalue weighted by Crippen LogP contribution is 2.31.